The molecule has 1 aromatic carbocycles. The first-order valence-corrected chi connectivity index (χ1v) is 7.29. The van der Waals surface area contributed by atoms with Crippen molar-refractivity contribution in [2.24, 2.45) is 0 Å². The first-order chi connectivity index (χ1) is 8.72. The molecule has 0 saturated carbocycles. The zero-order valence-electron chi connectivity index (χ0n) is 12.5. The van der Waals surface area contributed by atoms with Crippen LogP contribution in [0.5, 0.6) is 17.2 Å². The van der Waals surface area contributed by atoms with Crippen LogP contribution in [0.3, 0.4) is 0 Å². The summed E-state index contributed by atoms with van der Waals surface area (Å²) in [6.45, 7) is 10.1. The molecule has 0 aromatic heterocycles. The van der Waals surface area contributed by atoms with E-state index in [1.807, 2.05) is 33.8 Å². The minimum atomic E-state index is 0.114. The summed E-state index contributed by atoms with van der Waals surface area (Å²) in [7, 11) is 3.06. The van der Waals surface area contributed by atoms with Crippen molar-refractivity contribution >= 4 is 11.8 Å². The van der Waals surface area contributed by atoms with Gasteiger partial charge in [-0.15, -0.1) is 11.8 Å². The number of rotatable bonds is 4. The van der Waals surface area contributed by atoms with E-state index in [0.29, 0.717) is 11.5 Å². The summed E-state index contributed by atoms with van der Waals surface area (Å²) in [5.41, 5.74) is 0. The summed E-state index contributed by atoms with van der Waals surface area (Å²) in [5.74, 6) is 2.01. The van der Waals surface area contributed by atoms with E-state index in [2.05, 4.69) is 6.92 Å². The molecule has 0 aliphatic heterocycles. The largest absolute Gasteiger partial charge is 0.504 e. The number of aromatic hydroxyl groups is 1. The van der Waals surface area contributed by atoms with Crippen molar-refractivity contribution in [3.63, 3.8) is 0 Å². The molecule has 0 amide bonds. The van der Waals surface area contributed by atoms with Gasteiger partial charge in [-0.1, -0.05) is 34.6 Å². The van der Waals surface area contributed by atoms with Crippen molar-refractivity contribution in [3.05, 3.63) is 12.1 Å². The molecule has 4 heteroatoms. The quantitative estimate of drug-likeness (QED) is 0.816. The lowest BCUT2D eigenvalue weighted by molar-refractivity contribution is 0.332. The lowest BCUT2D eigenvalue weighted by Gasteiger charge is -2.10. The maximum Gasteiger partial charge on any atom is 0.203 e. The number of ether oxygens (including phenoxy) is 2. The summed E-state index contributed by atoms with van der Waals surface area (Å²) in [6.07, 6.45) is 0. The number of benzene rings is 1. The zero-order chi connectivity index (χ0) is 14.6. The number of phenolic OH excluding ortho intramolecular Hbond substituents is 1. The number of thioether (sulfide) groups is 1. The Morgan fingerprint density at radius 1 is 1.06 bits per heavy atom. The summed E-state index contributed by atoms with van der Waals surface area (Å²) in [4.78, 5) is 0.975. The lowest BCUT2D eigenvalue weighted by Crippen LogP contribution is -1.91. The molecule has 18 heavy (non-hydrogen) atoms. The van der Waals surface area contributed by atoms with Gasteiger partial charge in [-0.05, 0) is 17.9 Å². The highest BCUT2D eigenvalue weighted by Crippen LogP contribution is 2.39. The molecule has 1 N–H and O–H groups in total. The zero-order valence-corrected chi connectivity index (χ0v) is 13.4. The molecule has 0 unspecified atom stereocenters. The third-order valence-electron chi connectivity index (χ3n) is 1.74. The first kappa shape index (κ1) is 19.3. The molecule has 0 aliphatic rings. The second kappa shape index (κ2) is 12.4. The smallest absolute Gasteiger partial charge is 0.203 e. The minimum Gasteiger partial charge on any atom is -0.504 e. The van der Waals surface area contributed by atoms with Crippen LogP contribution >= 0.6 is 11.8 Å². The van der Waals surface area contributed by atoms with Crippen molar-refractivity contribution < 1.29 is 14.6 Å². The van der Waals surface area contributed by atoms with E-state index in [4.69, 9.17) is 9.47 Å². The Labute approximate surface area is 116 Å². The SMILES string of the molecule is CC.CC.CCSc1cc(O)c(OC)c(OC)c1. The van der Waals surface area contributed by atoms with Gasteiger partial charge in [-0.25, -0.2) is 0 Å². The maximum atomic E-state index is 9.61. The van der Waals surface area contributed by atoms with Crippen molar-refractivity contribution in [1.29, 1.82) is 0 Å². The van der Waals surface area contributed by atoms with Gasteiger partial charge >= 0.3 is 0 Å². The molecule has 0 atom stereocenters. The van der Waals surface area contributed by atoms with Crippen LogP contribution in [-0.2, 0) is 0 Å². The van der Waals surface area contributed by atoms with Crippen LogP contribution in [0.25, 0.3) is 0 Å². The molecule has 0 radical (unpaired) electrons. The Bertz CT molecular complexity index is 314. The number of hydrogen-bond donors (Lipinski definition) is 1. The van der Waals surface area contributed by atoms with Gasteiger partial charge in [-0.3, -0.25) is 0 Å². The van der Waals surface area contributed by atoms with E-state index in [-0.39, 0.29) is 5.75 Å². The molecular weight excluding hydrogens is 248 g/mol. The second-order valence-electron chi connectivity index (χ2n) is 2.61. The van der Waals surface area contributed by atoms with E-state index in [9.17, 15) is 5.11 Å². The molecule has 0 heterocycles. The van der Waals surface area contributed by atoms with E-state index in [1.54, 1.807) is 24.9 Å². The standard InChI is InChI=1S/C10H14O3S.2C2H6/c1-4-14-7-5-8(11)10(13-3)9(6-7)12-2;2*1-2/h5-6,11H,4H2,1-3H3;2*1-2H3. The first-order valence-electron chi connectivity index (χ1n) is 6.30. The van der Waals surface area contributed by atoms with E-state index in [0.717, 1.165) is 10.6 Å². The van der Waals surface area contributed by atoms with Crippen LogP contribution in [0.1, 0.15) is 34.6 Å². The minimum absolute atomic E-state index is 0.114. The van der Waals surface area contributed by atoms with Crippen LogP contribution in [0.4, 0.5) is 0 Å². The van der Waals surface area contributed by atoms with Gasteiger partial charge in [0, 0.05) is 4.90 Å². The molecule has 1 rings (SSSR count). The molecule has 1 aromatic rings. The molecule has 0 spiro atoms. The topological polar surface area (TPSA) is 38.7 Å². The van der Waals surface area contributed by atoms with Gasteiger partial charge in [0.05, 0.1) is 14.2 Å². The van der Waals surface area contributed by atoms with Crippen molar-refractivity contribution in [2.75, 3.05) is 20.0 Å². The molecular formula is C14H26O3S. The summed E-state index contributed by atoms with van der Waals surface area (Å²) in [5, 5.41) is 9.61. The number of phenols is 1. The second-order valence-corrected chi connectivity index (χ2v) is 3.95. The lowest BCUT2D eigenvalue weighted by atomic mass is 10.3. The van der Waals surface area contributed by atoms with Crippen molar-refractivity contribution in [2.45, 2.75) is 39.5 Å². The summed E-state index contributed by atoms with van der Waals surface area (Å²) in [6, 6.07) is 3.53. The van der Waals surface area contributed by atoms with Gasteiger partial charge < -0.3 is 14.6 Å². The Kier molecular flexibility index (Phi) is 13.3. The monoisotopic (exact) mass is 274 g/mol. The Balaban J connectivity index is 0. The molecule has 0 bridgehead atoms. The fourth-order valence-electron chi connectivity index (χ4n) is 1.17. The average Bonchev–Trinajstić information content (AvgIpc) is 2.43. The third kappa shape index (κ3) is 6.05. The predicted molar refractivity (Wildman–Crippen MR) is 80.3 cm³/mol. The molecule has 0 fully saturated rings. The van der Waals surface area contributed by atoms with E-state index < -0.39 is 0 Å². The number of methoxy groups -OCH3 is 2. The summed E-state index contributed by atoms with van der Waals surface area (Å²) < 4.78 is 10.1. The van der Waals surface area contributed by atoms with Gasteiger partial charge in [0.25, 0.3) is 0 Å². The Hall–Kier alpha value is -1.03. The van der Waals surface area contributed by atoms with Crippen LogP contribution < -0.4 is 9.47 Å². The van der Waals surface area contributed by atoms with Crippen LogP contribution in [0.2, 0.25) is 0 Å². The molecule has 0 saturated heterocycles. The predicted octanol–water partition coefficient (Wildman–Crippen LogP) is 4.57. The van der Waals surface area contributed by atoms with Crippen molar-refractivity contribution in [3.8, 4) is 17.2 Å². The maximum absolute atomic E-state index is 9.61. The average molecular weight is 274 g/mol. The van der Waals surface area contributed by atoms with Crippen LogP contribution in [-0.4, -0.2) is 25.1 Å². The van der Waals surface area contributed by atoms with E-state index >= 15 is 0 Å². The fourth-order valence-corrected chi connectivity index (χ4v) is 1.89. The molecule has 0 aliphatic carbocycles. The summed E-state index contributed by atoms with van der Waals surface area (Å²) >= 11 is 1.64. The Morgan fingerprint density at radius 2 is 1.61 bits per heavy atom. The van der Waals surface area contributed by atoms with Gasteiger partial charge in [0.2, 0.25) is 5.75 Å². The highest BCUT2D eigenvalue weighted by molar-refractivity contribution is 7.99. The molecule has 106 valence electrons. The third-order valence-corrected chi connectivity index (χ3v) is 2.60. The fraction of sp³-hybridized carbons (Fsp3) is 0.571. The van der Waals surface area contributed by atoms with Gasteiger partial charge in [0.1, 0.15) is 0 Å². The van der Waals surface area contributed by atoms with Gasteiger partial charge in [0.15, 0.2) is 11.5 Å². The van der Waals surface area contributed by atoms with E-state index in [1.165, 1.54) is 7.11 Å². The van der Waals surface area contributed by atoms with Crippen LogP contribution in [0.15, 0.2) is 17.0 Å². The van der Waals surface area contributed by atoms with Crippen molar-refractivity contribution in [1.82, 2.24) is 0 Å². The van der Waals surface area contributed by atoms with Crippen LogP contribution in [0, 0.1) is 0 Å². The highest BCUT2D eigenvalue weighted by atomic mass is 32.2. The van der Waals surface area contributed by atoms with Gasteiger partial charge in [-0.2, -0.15) is 0 Å². The normalized spacial score (nSPS) is 8.39. The number of hydrogen-bond acceptors (Lipinski definition) is 4. The molecule has 3 nitrogen and oxygen atoms in total. The highest BCUT2D eigenvalue weighted by Gasteiger charge is 2.11. The Morgan fingerprint density at radius 3 is 2.00 bits per heavy atom.